The molecule has 4 nitrogen and oxygen atoms in total. The van der Waals surface area contributed by atoms with Gasteiger partial charge in [-0.15, -0.1) is 0 Å². The van der Waals surface area contributed by atoms with Crippen LogP contribution in [-0.2, 0) is 6.54 Å². The number of amidine groups is 1. The molecule has 0 saturated heterocycles. The summed E-state index contributed by atoms with van der Waals surface area (Å²) in [5.74, 6) is 0.809. The number of nitrogens with zero attached hydrogens (tertiary/aromatic N) is 2. The zero-order valence-corrected chi connectivity index (χ0v) is 10.0. The van der Waals surface area contributed by atoms with Crippen LogP contribution in [0.4, 0.5) is 0 Å². The van der Waals surface area contributed by atoms with Crippen molar-refractivity contribution in [2.24, 2.45) is 4.99 Å². The standard InChI is InChI=1S/C11H13N3OS/c1-15-10-6-4-3-5-9(10)7-13-11(16-2)14-8-12/h3-6H,7H2,1-2H3,(H,13,14). The molecule has 84 valence electrons. The summed E-state index contributed by atoms with van der Waals surface area (Å²) < 4.78 is 5.21. The molecule has 0 aliphatic heterocycles. The lowest BCUT2D eigenvalue weighted by Crippen LogP contribution is -2.13. The molecule has 0 aliphatic carbocycles. The first-order valence-corrected chi connectivity index (χ1v) is 5.89. The Kier molecular flexibility index (Phi) is 5.23. The van der Waals surface area contributed by atoms with E-state index in [0.29, 0.717) is 11.7 Å². The Balaban J connectivity index is 2.76. The van der Waals surface area contributed by atoms with E-state index in [1.54, 1.807) is 7.11 Å². The molecule has 0 bridgehead atoms. The largest absolute Gasteiger partial charge is 0.496 e. The van der Waals surface area contributed by atoms with Crippen LogP contribution in [0.15, 0.2) is 29.3 Å². The number of benzene rings is 1. The van der Waals surface area contributed by atoms with Crippen molar-refractivity contribution in [3.8, 4) is 11.9 Å². The number of hydrogen-bond donors (Lipinski definition) is 1. The fourth-order valence-electron chi connectivity index (χ4n) is 1.19. The third-order valence-electron chi connectivity index (χ3n) is 1.94. The predicted octanol–water partition coefficient (Wildman–Crippen LogP) is 1.98. The average Bonchev–Trinajstić information content (AvgIpc) is 2.34. The fraction of sp³-hybridized carbons (Fsp3) is 0.273. The van der Waals surface area contributed by atoms with Gasteiger partial charge in [0.25, 0.3) is 0 Å². The molecule has 0 unspecified atom stereocenters. The minimum absolute atomic E-state index is 0.495. The van der Waals surface area contributed by atoms with Gasteiger partial charge in [0.15, 0.2) is 11.4 Å². The molecule has 0 aromatic heterocycles. The van der Waals surface area contributed by atoms with E-state index >= 15 is 0 Å². The number of aliphatic imine (C=N–C) groups is 1. The van der Waals surface area contributed by atoms with E-state index in [9.17, 15) is 0 Å². The zero-order chi connectivity index (χ0) is 11.8. The molecule has 0 spiro atoms. The number of thioether (sulfide) groups is 1. The van der Waals surface area contributed by atoms with Crippen molar-refractivity contribution in [2.75, 3.05) is 13.4 Å². The van der Waals surface area contributed by atoms with Crippen LogP contribution in [-0.4, -0.2) is 18.5 Å². The molecule has 0 amide bonds. The molecule has 5 heteroatoms. The third kappa shape index (κ3) is 3.48. The first kappa shape index (κ1) is 12.4. The molecule has 0 saturated carbocycles. The van der Waals surface area contributed by atoms with E-state index in [0.717, 1.165) is 11.3 Å². The van der Waals surface area contributed by atoms with Gasteiger partial charge in [-0.25, -0.2) is 0 Å². The Morgan fingerprint density at radius 2 is 2.31 bits per heavy atom. The summed E-state index contributed by atoms with van der Waals surface area (Å²) >= 11 is 1.40. The highest BCUT2D eigenvalue weighted by atomic mass is 32.2. The van der Waals surface area contributed by atoms with Crippen molar-refractivity contribution in [3.05, 3.63) is 29.8 Å². The number of nitrogens with one attached hydrogen (secondary N) is 1. The summed E-state index contributed by atoms with van der Waals surface area (Å²) in [7, 11) is 1.63. The summed E-state index contributed by atoms with van der Waals surface area (Å²) in [5.41, 5.74) is 0.997. The Hall–Kier alpha value is -1.67. The summed E-state index contributed by atoms with van der Waals surface area (Å²) in [6, 6.07) is 7.69. The topological polar surface area (TPSA) is 57.4 Å². The molecule has 0 fully saturated rings. The van der Waals surface area contributed by atoms with Crippen molar-refractivity contribution in [2.45, 2.75) is 6.54 Å². The number of nitriles is 1. The Morgan fingerprint density at radius 3 is 2.94 bits per heavy atom. The van der Waals surface area contributed by atoms with Crippen LogP contribution in [0.3, 0.4) is 0 Å². The first-order chi connectivity index (χ1) is 7.81. The van der Waals surface area contributed by atoms with Gasteiger partial charge in [0, 0.05) is 5.56 Å². The maximum absolute atomic E-state index is 8.49. The normalized spacial score (nSPS) is 10.7. The monoisotopic (exact) mass is 235 g/mol. The second-order valence-corrected chi connectivity index (χ2v) is 3.67. The van der Waals surface area contributed by atoms with E-state index in [-0.39, 0.29) is 0 Å². The lowest BCUT2D eigenvalue weighted by atomic mass is 10.2. The van der Waals surface area contributed by atoms with Crippen molar-refractivity contribution < 1.29 is 4.74 Å². The van der Waals surface area contributed by atoms with E-state index in [4.69, 9.17) is 10.00 Å². The second kappa shape index (κ2) is 6.75. The molecular formula is C11H13N3OS. The molecular weight excluding hydrogens is 222 g/mol. The SMILES string of the molecule is COc1ccccc1CN=C(NC#N)SC. The number of rotatable bonds is 3. The molecule has 1 N–H and O–H groups in total. The van der Waals surface area contributed by atoms with Crippen molar-refractivity contribution in [3.63, 3.8) is 0 Å². The van der Waals surface area contributed by atoms with E-state index in [2.05, 4.69) is 10.3 Å². The number of para-hydroxylation sites is 1. The minimum Gasteiger partial charge on any atom is -0.496 e. The minimum atomic E-state index is 0.495. The predicted molar refractivity (Wildman–Crippen MR) is 66.4 cm³/mol. The van der Waals surface area contributed by atoms with Crippen molar-refractivity contribution >= 4 is 16.9 Å². The first-order valence-electron chi connectivity index (χ1n) is 4.67. The third-order valence-corrected chi connectivity index (χ3v) is 2.56. The van der Waals surface area contributed by atoms with Crippen LogP contribution in [0.2, 0.25) is 0 Å². The quantitative estimate of drug-likeness (QED) is 0.377. The summed E-state index contributed by atoms with van der Waals surface area (Å²) in [6.45, 7) is 0.495. The average molecular weight is 235 g/mol. The summed E-state index contributed by atoms with van der Waals surface area (Å²) in [4.78, 5) is 4.28. The molecule has 0 heterocycles. The van der Waals surface area contributed by atoms with E-state index in [1.807, 2.05) is 36.7 Å². The number of methoxy groups -OCH3 is 1. The van der Waals surface area contributed by atoms with Gasteiger partial charge in [0.05, 0.1) is 13.7 Å². The fourth-order valence-corrected chi connectivity index (χ4v) is 1.53. The number of ether oxygens (including phenoxy) is 1. The number of hydrogen-bond acceptors (Lipinski definition) is 4. The van der Waals surface area contributed by atoms with Gasteiger partial charge in [0.2, 0.25) is 0 Å². The Morgan fingerprint density at radius 1 is 1.56 bits per heavy atom. The molecule has 16 heavy (non-hydrogen) atoms. The molecule has 0 atom stereocenters. The van der Waals surface area contributed by atoms with Gasteiger partial charge in [-0.05, 0) is 12.3 Å². The van der Waals surface area contributed by atoms with Crippen LogP contribution in [0.5, 0.6) is 5.75 Å². The van der Waals surface area contributed by atoms with Crippen molar-refractivity contribution in [1.82, 2.24) is 5.32 Å². The molecule has 1 aromatic carbocycles. The summed E-state index contributed by atoms with van der Waals surface area (Å²) in [6.07, 6.45) is 3.72. The van der Waals surface area contributed by atoms with Gasteiger partial charge < -0.3 is 4.74 Å². The van der Waals surface area contributed by atoms with Gasteiger partial charge >= 0.3 is 0 Å². The molecule has 1 rings (SSSR count). The molecule has 0 aliphatic rings. The zero-order valence-electron chi connectivity index (χ0n) is 9.23. The smallest absolute Gasteiger partial charge is 0.183 e. The maximum atomic E-state index is 8.49. The van der Waals surface area contributed by atoms with Gasteiger partial charge in [-0.2, -0.15) is 5.26 Å². The van der Waals surface area contributed by atoms with Gasteiger partial charge in [-0.1, -0.05) is 30.0 Å². The van der Waals surface area contributed by atoms with Crippen LogP contribution in [0.1, 0.15) is 5.56 Å². The second-order valence-electron chi connectivity index (χ2n) is 2.87. The van der Waals surface area contributed by atoms with E-state index in [1.165, 1.54) is 11.8 Å². The highest BCUT2D eigenvalue weighted by Crippen LogP contribution is 2.18. The lowest BCUT2D eigenvalue weighted by Gasteiger charge is -2.06. The van der Waals surface area contributed by atoms with Gasteiger partial charge in [0.1, 0.15) is 5.75 Å². The van der Waals surface area contributed by atoms with Gasteiger partial charge in [-0.3, -0.25) is 10.3 Å². The lowest BCUT2D eigenvalue weighted by molar-refractivity contribution is 0.410. The molecule has 1 aromatic rings. The van der Waals surface area contributed by atoms with E-state index < -0.39 is 0 Å². The van der Waals surface area contributed by atoms with Crippen LogP contribution in [0.25, 0.3) is 0 Å². The Labute approximate surface area is 99.3 Å². The Bertz CT molecular complexity index is 412. The van der Waals surface area contributed by atoms with Crippen LogP contribution in [0, 0.1) is 11.5 Å². The maximum Gasteiger partial charge on any atom is 0.183 e. The van der Waals surface area contributed by atoms with Crippen LogP contribution >= 0.6 is 11.8 Å². The summed E-state index contributed by atoms with van der Waals surface area (Å²) in [5, 5.41) is 11.6. The highest BCUT2D eigenvalue weighted by molar-refractivity contribution is 8.13. The molecule has 0 radical (unpaired) electrons. The highest BCUT2D eigenvalue weighted by Gasteiger charge is 2.01. The van der Waals surface area contributed by atoms with Crippen molar-refractivity contribution in [1.29, 1.82) is 5.26 Å². The van der Waals surface area contributed by atoms with Crippen LogP contribution < -0.4 is 10.1 Å².